The van der Waals surface area contributed by atoms with E-state index in [4.69, 9.17) is 9.05 Å². The molecule has 0 aromatic heterocycles. The molecular weight excluding hydrogens is 527 g/mol. The van der Waals surface area contributed by atoms with Crippen LogP contribution in [0.25, 0.3) is 0 Å². The number of nitrogens with zero attached hydrogens (tertiary/aromatic N) is 1. The highest BCUT2D eigenvalue weighted by Crippen LogP contribution is 2.38. The van der Waals surface area contributed by atoms with E-state index >= 15 is 0 Å². The number of carbonyl (C=O) groups excluding carboxylic acids is 1. The third-order valence-corrected chi connectivity index (χ3v) is 7.26. The van der Waals surface area contributed by atoms with Crippen LogP contribution in [0.5, 0.6) is 0 Å². The minimum atomic E-state index is -4.56. The number of phosphoric ester groups is 1. The number of aliphatic hydroxyl groups excluding tert-OH is 1. The second kappa shape index (κ2) is 24.3. The SMILES string of the molecule is CCCCCCCCC/C=C/CC/C=C/CC/C=C/C(O)C(COP(=O)([O-])OCC[N+](C)(C)C)NC(=O)CCC. The van der Waals surface area contributed by atoms with Crippen molar-refractivity contribution in [3.63, 3.8) is 0 Å². The Morgan fingerprint density at radius 2 is 1.40 bits per heavy atom. The Kier molecular flexibility index (Phi) is 23.6. The topological polar surface area (TPSA) is 108 Å². The standard InChI is InChI=1S/C31H59N2O6P/c1-6-8-9-10-11-12-13-14-15-16-17-18-19-20-21-22-23-25-30(34)29(32-31(35)24-7-2)28-39-40(36,37)38-27-26-33(3,4)5/h15-16,19-20,23,25,29-30,34H,6-14,17-18,21-22,24,26-28H2,1-5H3,(H-,32,35,36,37)/b16-15+,20-19+,25-23+. The minimum Gasteiger partial charge on any atom is -0.756 e. The number of carbonyl (C=O) groups is 1. The number of likely N-dealkylation sites (N-methyl/N-ethyl adjacent to an activating group) is 1. The second-order valence-corrected chi connectivity index (χ2v) is 12.9. The van der Waals surface area contributed by atoms with Crippen LogP contribution in [-0.4, -0.2) is 68.5 Å². The Morgan fingerprint density at radius 1 is 0.850 bits per heavy atom. The van der Waals surface area contributed by atoms with E-state index in [0.29, 0.717) is 17.4 Å². The van der Waals surface area contributed by atoms with Crippen LogP contribution in [0.15, 0.2) is 36.5 Å². The first kappa shape index (κ1) is 38.7. The highest BCUT2D eigenvalue weighted by atomic mass is 31.2. The van der Waals surface area contributed by atoms with E-state index in [2.05, 4.69) is 36.5 Å². The van der Waals surface area contributed by atoms with E-state index in [1.807, 2.05) is 34.1 Å². The van der Waals surface area contributed by atoms with E-state index in [0.717, 1.165) is 25.7 Å². The fourth-order valence-electron chi connectivity index (χ4n) is 3.81. The molecule has 0 aliphatic heterocycles. The van der Waals surface area contributed by atoms with Gasteiger partial charge in [-0.1, -0.05) is 88.8 Å². The van der Waals surface area contributed by atoms with Crippen molar-refractivity contribution in [2.45, 2.75) is 116 Å². The lowest BCUT2D eigenvalue weighted by Gasteiger charge is -2.29. The molecule has 40 heavy (non-hydrogen) atoms. The number of quaternary nitrogens is 1. The molecule has 0 aromatic rings. The van der Waals surface area contributed by atoms with Crippen molar-refractivity contribution >= 4 is 13.7 Å². The second-order valence-electron chi connectivity index (χ2n) is 11.4. The first-order valence-corrected chi connectivity index (χ1v) is 16.8. The molecule has 3 atom stereocenters. The summed E-state index contributed by atoms with van der Waals surface area (Å²) in [4.78, 5) is 24.2. The maximum Gasteiger partial charge on any atom is 0.268 e. The van der Waals surface area contributed by atoms with Crippen LogP contribution in [0.1, 0.15) is 104 Å². The molecule has 2 N–H and O–H groups in total. The molecule has 1 amide bonds. The maximum atomic E-state index is 12.1. The van der Waals surface area contributed by atoms with Crippen LogP contribution < -0.4 is 10.2 Å². The van der Waals surface area contributed by atoms with Gasteiger partial charge in [-0.3, -0.25) is 9.36 Å². The molecule has 9 heteroatoms. The van der Waals surface area contributed by atoms with Crippen molar-refractivity contribution in [2.75, 3.05) is 40.9 Å². The first-order chi connectivity index (χ1) is 19.0. The fourth-order valence-corrected chi connectivity index (χ4v) is 4.54. The van der Waals surface area contributed by atoms with Gasteiger partial charge in [-0.2, -0.15) is 0 Å². The molecule has 8 nitrogen and oxygen atoms in total. The number of rotatable bonds is 26. The van der Waals surface area contributed by atoms with Gasteiger partial charge in [0.2, 0.25) is 5.91 Å². The molecule has 234 valence electrons. The van der Waals surface area contributed by atoms with Crippen LogP contribution in [0.4, 0.5) is 0 Å². The van der Waals surface area contributed by atoms with Gasteiger partial charge in [0.15, 0.2) is 0 Å². The number of nitrogens with one attached hydrogen (secondary N) is 1. The molecule has 0 saturated heterocycles. The Hall–Kier alpha value is -1.28. The first-order valence-electron chi connectivity index (χ1n) is 15.4. The van der Waals surface area contributed by atoms with Crippen molar-refractivity contribution in [3.05, 3.63) is 36.5 Å². The number of hydrogen-bond acceptors (Lipinski definition) is 6. The van der Waals surface area contributed by atoms with Gasteiger partial charge in [0, 0.05) is 6.42 Å². The van der Waals surface area contributed by atoms with Gasteiger partial charge in [-0.15, -0.1) is 0 Å². The molecule has 0 saturated carbocycles. The average Bonchev–Trinajstić information content (AvgIpc) is 2.87. The van der Waals surface area contributed by atoms with Gasteiger partial charge in [0.05, 0.1) is 39.9 Å². The van der Waals surface area contributed by atoms with Gasteiger partial charge in [0.1, 0.15) is 13.2 Å². The number of aliphatic hydroxyl groups is 1. The molecule has 0 bridgehead atoms. The molecule has 0 heterocycles. The molecule has 3 unspecified atom stereocenters. The van der Waals surface area contributed by atoms with E-state index < -0.39 is 26.6 Å². The summed E-state index contributed by atoms with van der Waals surface area (Å²) < 4.78 is 22.6. The van der Waals surface area contributed by atoms with Gasteiger partial charge in [0.25, 0.3) is 7.82 Å². The number of allylic oxidation sites excluding steroid dienone is 5. The minimum absolute atomic E-state index is 0.0113. The lowest BCUT2D eigenvalue weighted by atomic mass is 10.1. The Balaban J connectivity index is 4.34. The largest absolute Gasteiger partial charge is 0.756 e. The third kappa shape index (κ3) is 25.7. The van der Waals surface area contributed by atoms with E-state index in [-0.39, 0.29) is 18.9 Å². The number of hydrogen-bond donors (Lipinski definition) is 2. The van der Waals surface area contributed by atoms with Gasteiger partial charge < -0.3 is 28.8 Å². The molecule has 0 aliphatic carbocycles. The predicted octanol–water partition coefficient (Wildman–Crippen LogP) is 6.21. The molecule has 0 rings (SSSR count). The van der Waals surface area contributed by atoms with Gasteiger partial charge in [-0.05, 0) is 44.9 Å². The maximum absolute atomic E-state index is 12.1. The summed E-state index contributed by atoms with van der Waals surface area (Å²) >= 11 is 0. The van der Waals surface area contributed by atoms with E-state index in [1.54, 1.807) is 6.08 Å². The summed E-state index contributed by atoms with van der Waals surface area (Å²) in [5.41, 5.74) is 0. The van der Waals surface area contributed by atoms with Crippen LogP contribution in [-0.2, 0) is 18.4 Å². The molecule has 0 spiro atoms. The smallest absolute Gasteiger partial charge is 0.268 e. The summed E-state index contributed by atoms with van der Waals surface area (Å²) in [6.45, 7) is 4.19. The third-order valence-electron chi connectivity index (χ3n) is 6.30. The highest BCUT2D eigenvalue weighted by molar-refractivity contribution is 7.45. The van der Waals surface area contributed by atoms with Crippen molar-refractivity contribution < 1.29 is 32.9 Å². The van der Waals surface area contributed by atoms with Crippen molar-refractivity contribution in [1.82, 2.24) is 5.32 Å². The van der Waals surface area contributed by atoms with Gasteiger partial charge >= 0.3 is 0 Å². The van der Waals surface area contributed by atoms with Crippen LogP contribution in [0, 0.1) is 0 Å². The highest BCUT2D eigenvalue weighted by Gasteiger charge is 2.22. The Morgan fingerprint density at radius 3 is 1.98 bits per heavy atom. The number of unbranched alkanes of at least 4 members (excludes halogenated alkanes) is 9. The Bertz CT molecular complexity index is 763. The van der Waals surface area contributed by atoms with Crippen LogP contribution in [0.3, 0.4) is 0 Å². The number of phosphoric acid groups is 1. The summed E-state index contributed by atoms with van der Waals surface area (Å²) in [6.07, 6.45) is 26.3. The summed E-state index contributed by atoms with van der Waals surface area (Å²) in [5, 5.41) is 13.3. The van der Waals surface area contributed by atoms with E-state index in [1.165, 1.54) is 51.4 Å². The normalized spacial score (nSPS) is 15.7. The molecule has 0 aliphatic rings. The summed E-state index contributed by atoms with van der Waals surface area (Å²) in [6, 6.07) is -0.900. The lowest BCUT2D eigenvalue weighted by molar-refractivity contribution is -0.870. The number of amides is 1. The summed E-state index contributed by atoms with van der Waals surface area (Å²) in [7, 11) is 1.22. The lowest BCUT2D eigenvalue weighted by Crippen LogP contribution is -2.45. The van der Waals surface area contributed by atoms with Crippen molar-refractivity contribution in [1.29, 1.82) is 0 Å². The van der Waals surface area contributed by atoms with Crippen LogP contribution >= 0.6 is 7.82 Å². The predicted molar refractivity (Wildman–Crippen MR) is 164 cm³/mol. The van der Waals surface area contributed by atoms with Crippen LogP contribution in [0.2, 0.25) is 0 Å². The Labute approximate surface area is 245 Å². The fraction of sp³-hybridized carbons (Fsp3) is 0.774. The quantitative estimate of drug-likeness (QED) is 0.0540. The van der Waals surface area contributed by atoms with Crippen molar-refractivity contribution in [3.8, 4) is 0 Å². The molecule has 0 aromatic carbocycles. The zero-order chi connectivity index (χ0) is 30.1. The molecule has 0 radical (unpaired) electrons. The summed E-state index contributed by atoms with van der Waals surface area (Å²) in [5.74, 6) is -0.269. The van der Waals surface area contributed by atoms with Crippen molar-refractivity contribution in [2.24, 2.45) is 0 Å². The van der Waals surface area contributed by atoms with Gasteiger partial charge in [-0.25, -0.2) is 0 Å². The monoisotopic (exact) mass is 586 g/mol. The zero-order valence-corrected chi connectivity index (χ0v) is 26.9. The molecule has 0 fully saturated rings. The average molecular weight is 587 g/mol. The zero-order valence-electron chi connectivity index (χ0n) is 26.0. The molecular formula is C31H59N2O6P. The van der Waals surface area contributed by atoms with E-state index in [9.17, 15) is 19.4 Å².